The van der Waals surface area contributed by atoms with Crippen LogP contribution in [0, 0.1) is 0 Å². The van der Waals surface area contributed by atoms with Gasteiger partial charge in [0.15, 0.2) is 0 Å². The van der Waals surface area contributed by atoms with Crippen LogP contribution in [0.2, 0.25) is 0 Å². The average molecular weight is 129 g/mol. The Balaban J connectivity index is 0. The van der Waals surface area contributed by atoms with Gasteiger partial charge in [-0.25, -0.2) is 4.79 Å². The standard InChI is InChI=1S/C3H6O4.Na/c1-3(6,7)2(4)5;/h6-7H,1H3,(H,4,5);. The third kappa shape index (κ3) is 4.55. The van der Waals surface area contributed by atoms with Gasteiger partial charge >= 0.3 is 5.97 Å². The number of hydrogen-bond acceptors (Lipinski definition) is 3. The van der Waals surface area contributed by atoms with Crippen LogP contribution in [-0.2, 0) is 4.79 Å². The van der Waals surface area contributed by atoms with E-state index in [2.05, 4.69) is 0 Å². The number of carboxylic acids is 1. The van der Waals surface area contributed by atoms with Crippen LogP contribution in [0.4, 0.5) is 0 Å². The largest absolute Gasteiger partial charge is 0.477 e. The SMILES string of the molecule is CC(O)(O)C(=O)O.[Na]. The second-order valence-corrected chi connectivity index (χ2v) is 1.33. The van der Waals surface area contributed by atoms with Crippen LogP contribution in [0.5, 0.6) is 0 Å². The Morgan fingerprint density at radius 2 is 1.62 bits per heavy atom. The first-order valence-corrected chi connectivity index (χ1v) is 1.62. The van der Waals surface area contributed by atoms with Gasteiger partial charge in [0.05, 0.1) is 0 Å². The van der Waals surface area contributed by atoms with E-state index in [4.69, 9.17) is 15.3 Å². The Kier molecular flexibility index (Phi) is 4.80. The topological polar surface area (TPSA) is 77.8 Å². The molecule has 0 amide bonds. The van der Waals surface area contributed by atoms with Crippen molar-refractivity contribution in [2.45, 2.75) is 12.7 Å². The fraction of sp³-hybridized carbons (Fsp3) is 0.667. The third-order valence-corrected chi connectivity index (χ3v) is 0.405. The minimum atomic E-state index is -2.58. The van der Waals surface area contributed by atoms with Crippen molar-refractivity contribution in [3.05, 3.63) is 0 Å². The van der Waals surface area contributed by atoms with Crippen LogP contribution in [0.1, 0.15) is 6.92 Å². The van der Waals surface area contributed by atoms with E-state index in [1.54, 1.807) is 0 Å². The number of aliphatic carboxylic acids is 1. The van der Waals surface area contributed by atoms with Crippen LogP contribution in [0.3, 0.4) is 0 Å². The summed E-state index contributed by atoms with van der Waals surface area (Å²) >= 11 is 0. The van der Waals surface area contributed by atoms with E-state index >= 15 is 0 Å². The van der Waals surface area contributed by atoms with Gasteiger partial charge in [0.1, 0.15) is 0 Å². The average Bonchev–Trinajstić information content (AvgIpc) is 1.31. The van der Waals surface area contributed by atoms with Crippen LogP contribution < -0.4 is 0 Å². The Morgan fingerprint density at radius 1 is 1.50 bits per heavy atom. The first-order chi connectivity index (χ1) is 2.94. The molecule has 0 saturated carbocycles. The molecule has 0 atom stereocenters. The van der Waals surface area contributed by atoms with Crippen LogP contribution in [0.25, 0.3) is 0 Å². The van der Waals surface area contributed by atoms with Crippen molar-refractivity contribution in [3.8, 4) is 0 Å². The van der Waals surface area contributed by atoms with E-state index in [9.17, 15) is 4.79 Å². The van der Waals surface area contributed by atoms with Crippen molar-refractivity contribution < 1.29 is 20.1 Å². The Labute approximate surface area is 68.4 Å². The molecule has 0 saturated heterocycles. The zero-order valence-corrected chi connectivity index (χ0v) is 6.75. The number of aliphatic hydroxyl groups is 2. The summed E-state index contributed by atoms with van der Waals surface area (Å²) in [7, 11) is 0. The van der Waals surface area contributed by atoms with Gasteiger partial charge in [0.2, 0.25) is 0 Å². The molecule has 0 aromatic carbocycles. The number of hydrogen-bond donors (Lipinski definition) is 3. The second-order valence-electron chi connectivity index (χ2n) is 1.33. The maximum atomic E-state index is 9.52. The first kappa shape index (κ1) is 11.2. The summed E-state index contributed by atoms with van der Waals surface area (Å²) in [6.45, 7) is 0.773. The van der Waals surface area contributed by atoms with Gasteiger partial charge in [-0.2, -0.15) is 0 Å². The maximum absolute atomic E-state index is 9.52. The molecule has 0 aliphatic carbocycles. The summed E-state index contributed by atoms with van der Waals surface area (Å²) in [5.41, 5.74) is 0. The molecule has 0 spiro atoms. The van der Waals surface area contributed by atoms with Crippen molar-refractivity contribution in [1.82, 2.24) is 0 Å². The van der Waals surface area contributed by atoms with E-state index < -0.39 is 11.8 Å². The second kappa shape index (κ2) is 3.42. The zero-order chi connectivity index (χ0) is 6.08. The van der Waals surface area contributed by atoms with Gasteiger partial charge in [-0.3, -0.25) is 0 Å². The first-order valence-electron chi connectivity index (χ1n) is 1.62. The van der Waals surface area contributed by atoms with Crippen molar-refractivity contribution in [3.63, 3.8) is 0 Å². The fourth-order valence-electron chi connectivity index (χ4n) is 0. The molecule has 0 aromatic rings. The summed E-state index contributed by atoms with van der Waals surface area (Å²) in [6.07, 6.45) is 0. The molecule has 8 heavy (non-hydrogen) atoms. The molecule has 1 radical (unpaired) electrons. The van der Waals surface area contributed by atoms with Crippen LogP contribution >= 0.6 is 0 Å². The summed E-state index contributed by atoms with van der Waals surface area (Å²) in [4.78, 5) is 9.52. The molecule has 0 fully saturated rings. The van der Waals surface area contributed by atoms with E-state index in [-0.39, 0.29) is 29.6 Å². The molecule has 43 valence electrons. The molecule has 0 bridgehead atoms. The molecule has 3 N–H and O–H groups in total. The molecule has 4 nitrogen and oxygen atoms in total. The molecule has 0 aliphatic rings. The van der Waals surface area contributed by atoms with Crippen LogP contribution in [0.15, 0.2) is 0 Å². The fourth-order valence-corrected chi connectivity index (χ4v) is 0. The van der Waals surface area contributed by atoms with E-state index in [0.29, 0.717) is 0 Å². The molecule has 0 aromatic heterocycles. The number of rotatable bonds is 1. The van der Waals surface area contributed by atoms with Crippen LogP contribution in [-0.4, -0.2) is 56.6 Å². The summed E-state index contributed by atoms with van der Waals surface area (Å²) < 4.78 is 0. The van der Waals surface area contributed by atoms with Gasteiger partial charge in [0.25, 0.3) is 5.79 Å². The van der Waals surface area contributed by atoms with E-state index in [0.717, 1.165) is 6.92 Å². The van der Waals surface area contributed by atoms with Gasteiger partial charge in [0, 0.05) is 36.5 Å². The van der Waals surface area contributed by atoms with Gasteiger partial charge < -0.3 is 15.3 Å². The van der Waals surface area contributed by atoms with Crippen molar-refractivity contribution in [1.29, 1.82) is 0 Å². The third-order valence-electron chi connectivity index (χ3n) is 0.405. The summed E-state index contributed by atoms with van der Waals surface area (Å²) in [6, 6.07) is 0. The molecule has 0 rings (SSSR count). The summed E-state index contributed by atoms with van der Waals surface area (Å²) in [5.74, 6) is -4.23. The van der Waals surface area contributed by atoms with E-state index in [1.165, 1.54) is 0 Å². The predicted octanol–water partition coefficient (Wildman–Crippen LogP) is -1.61. The smallest absolute Gasteiger partial charge is 0.363 e. The number of carboxylic acid groups (broad SMARTS) is 1. The summed E-state index contributed by atoms with van der Waals surface area (Å²) in [5, 5.41) is 23.9. The molecule has 0 heterocycles. The Morgan fingerprint density at radius 3 is 1.62 bits per heavy atom. The van der Waals surface area contributed by atoms with Gasteiger partial charge in [-0.05, 0) is 0 Å². The monoisotopic (exact) mass is 129 g/mol. The molecule has 0 unspecified atom stereocenters. The Bertz CT molecular complexity index is 83.8. The quantitative estimate of drug-likeness (QED) is 0.294. The predicted molar refractivity (Wildman–Crippen MR) is 26.2 cm³/mol. The number of carbonyl (C=O) groups is 1. The van der Waals surface area contributed by atoms with Crippen molar-refractivity contribution in [2.24, 2.45) is 0 Å². The maximum Gasteiger partial charge on any atom is 0.363 e. The molecular weight excluding hydrogens is 123 g/mol. The van der Waals surface area contributed by atoms with Gasteiger partial charge in [-0.1, -0.05) is 0 Å². The minimum Gasteiger partial charge on any atom is -0.477 e. The normalized spacial score (nSPS) is 9.88. The Hall–Kier alpha value is 0.390. The van der Waals surface area contributed by atoms with Crippen molar-refractivity contribution in [2.75, 3.05) is 0 Å². The van der Waals surface area contributed by atoms with Gasteiger partial charge in [-0.15, -0.1) is 0 Å². The molecule has 0 aliphatic heterocycles. The molecular formula is C3H6NaO4. The molecule has 5 heteroatoms. The zero-order valence-electron chi connectivity index (χ0n) is 4.75. The van der Waals surface area contributed by atoms with Crippen molar-refractivity contribution >= 4 is 35.5 Å². The minimum absolute atomic E-state index is 0. The van der Waals surface area contributed by atoms with E-state index in [1.807, 2.05) is 0 Å².